The lowest BCUT2D eigenvalue weighted by Gasteiger charge is -1.90. The van der Waals surface area contributed by atoms with E-state index in [2.05, 4.69) is 0 Å². The first kappa shape index (κ1) is 11.2. The zero-order chi connectivity index (χ0) is 7.86. The average molecular weight is 129 g/mol. The molecule has 0 bridgehead atoms. The number of hydrogen-bond donors (Lipinski definition) is 0. The predicted molar refractivity (Wildman–Crippen MR) is 40.2 cm³/mol. The minimum Gasteiger partial charge on any atom is -0.312 e. The van der Waals surface area contributed by atoms with Crippen LogP contribution in [0.2, 0.25) is 0 Å². The lowest BCUT2D eigenvalue weighted by atomic mass is 10.4. The third-order valence-corrected chi connectivity index (χ3v) is 0.204. The van der Waals surface area contributed by atoms with Gasteiger partial charge >= 0.3 is 0 Å². The van der Waals surface area contributed by atoms with E-state index in [1.54, 1.807) is 19.8 Å². The van der Waals surface area contributed by atoms with Crippen molar-refractivity contribution in [1.29, 1.82) is 0 Å². The molecule has 0 heterocycles. The summed E-state index contributed by atoms with van der Waals surface area (Å²) in [6.07, 6.45) is 0. The summed E-state index contributed by atoms with van der Waals surface area (Å²) in [7, 11) is 6.00. The molecule has 0 spiro atoms. The van der Waals surface area contributed by atoms with Crippen LogP contribution in [0.15, 0.2) is 5.57 Å². The Kier molecular flexibility index (Phi) is 9.25. The topological polar surface area (TPSA) is 20.3 Å². The number of allylic oxidation sites excluding steroid dienone is 1. The van der Waals surface area contributed by atoms with Crippen LogP contribution in [0.25, 0.3) is 0 Å². The highest BCUT2D eigenvalue weighted by Crippen LogP contribution is 1.72. The van der Waals surface area contributed by atoms with Gasteiger partial charge in [0.1, 0.15) is 5.94 Å². The van der Waals surface area contributed by atoms with Crippen molar-refractivity contribution in [2.45, 2.75) is 13.8 Å². The molecule has 0 amide bonds. The van der Waals surface area contributed by atoms with Gasteiger partial charge in [0.2, 0.25) is 0 Å². The monoisotopic (exact) mass is 129 g/mol. The molecule has 0 unspecified atom stereocenters. The minimum absolute atomic E-state index is 0.699. The van der Waals surface area contributed by atoms with Gasteiger partial charge < -0.3 is 4.90 Å². The van der Waals surface area contributed by atoms with Crippen molar-refractivity contribution in [2.24, 2.45) is 0 Å². The van der Waals surface area contributed by atoms with Crippen LogP contribution in [0.4, 0.5) is 0 Å². The number of nitrogens with zero attached hydrogens (tertiary/aromatic N) is 1. The second kappa shape index (κ2) is 7.41. The van der Waals surface area contributed by atoms with Crippen LogP contribution in [0.1, 0.15) is 13.8 Å². The summed E-state index contributed by atoms with van der Waals surface area (Å²) in [5, 5.41) is 0. The van der Waals surface area contributed by atoms with Crippen LogP contribution < -0.4 is 0 Å². The molecule has 0 aliphatic carbocycles. The van der Waals surface area contributed by atoms with E-state index in [-0.39, 0.29) is 0 Å². The van der Waals surface area contributed by atoms with Gasteiger partial charge in [0.05, 0.1) is 0 Å². The first-order valence-corrected chi connectivity index (χ1v) is 2.80. The van der Waals surface area contributed by atoms with E-state index in [0.29, 0.717) is 5.57 Å². The summed E-state index contributed by atoms with van der Waals surface area (Å²) in [6.45, 7) is 3.43. The second-order valence-electron chi connectivity index (χ2n) is 2.44. The van der Waals surface area contributed by atoms with Gasteiger partial charge in [0, 0.05) is 5.57 Å². The van der Waals surface area contributed by atoms with Gasteiger partial charge in [0.25, 0.3) is 0 Å². The molecule has 0 N–H and O–H groups in total. The smallest absolute Gasteiger partial charge is 0.122 e. The maximum absolute atomic E-state index is 9.34. The Labute approximate surface area is 57.2 Å². The minimum atomic E-state index is 0.699. The number of rotatable bonds is 0. The molecule has 0 saturated carbocycles. The highest BCUT2D eigenvalue weighted by molar-refractivity contribution is 5.49. The molecule has 2 heteroatoms. The standard InChI is InChI=1S/C4H6O.C3H9N/c1-4(2)3-5;1-4(2)3/h1-2H3;1-3H3. The molecule has 0 aromatic rings. The van der Waals surface area contributed by atoms with Crippen LogP contribution in [0.5, 0.6) is 0 Å². The quantitative estimate of drug-likeness (QED) is 0.454. The normalized spacial score (nSPS) is 7.33. The van der Waals surface area contributed by atoms with Crippen molar-refractivity contribution in [3.05, 3.63) is 5.57 Å². The lowest BCUT2D eigenvalue weighted by molar-refractivity contribution is 0.505. The molecule has 9 heavy (non-hydrogen) atoms. The summed E-state index contributed by atoms with van der Waals surface area (Å²) in [5.41, 5.74) is 0.699. The second-order valence-corrected chi connectivity index (χ2v) is 2.44. The van der Waals surface area contributed by atoms with Crippen LogP contribution in [-0.2, 0) is 4.79 Å². The van der Waals surface area contributed by atoms with E-state index in [0.717, 1.165) is 0 Å². The van der Waals surface area contributed by atoms with Crippen molar-refractivity contribution in [1.82, 2.24) is 4.90 Å². The molecule has 0 fully saturated rings. The molecule has 0 radical (unpaired) electrons. The van der Waals surface area contributed by atoms with Crippen molar-refractivity contribution in [3.63, 3.8) is 0 Å². The zero-order valence-corrected chi connectivity index (χ0v) is 6.86. The fourth-order valence-corrected chi connectivity index (χ4v) is 0. The molecule has 0 atom stereocenters. The molecular formula is C7H15NO. The SMILES string of the molecule is CC(C)=C=O.CN(C)C. The fourth-order valence-electron chi connectivity index (χ4n) is 0. The summed E-state index contributed by atoms with van der Waals surface area (Å²) < 4.78 is 0. The Balaban J connectivity index is 0. The zero-order valence-electron chi connectivity index (χ0n) is 6.86. The molecule has 0 aromatic heterocycles. The van der Waals surface area contributed by atoms with Crippen LogP contribution in [0.3, 0.4) is 0 Å². The van der Waals surface area contributed by atoms with Crippen molar-refractivity contribution >= 4 is 5.94 Å². The molecule has 2 nitrogen and oxygen atoms in total. The van der Waals surface area contributed by atoms with Gasteiger partial charge in [-0.2, -0.15) is 0 Å². The molecule has 0 aliphatic heterocycles. The third kappa shape index (κ3) is 109. The van der Waals surface area contributed by atoms with Gasteiger partial charge in [0.15, 0.2) is 0 Å². The largest absolute Gasteiger partial charge is 0.312 e. The summed E-state index contributed by atoms with van der Waals surface area (Å²) >= 11 is 0. The highest BCUT2D eigenvalue weighted by Gasteiger charge is 1.62. The average Bonchev–Trinajstić information content (AvgIpc) is 1.65. The lowest BCUT2D eigenvalue weighted by Crippen LogP contribution is -1.99. The van der Waals surface area contributed by atoms with Crippen LogP contribution >= 0.6 is 0 Å². The van der Waals surface area contributed by atoms with Crippen LogP contribution in [-0.4, -0.2) is 32.0 Å². The Hall–Kier alpha value is -0.590. The molecular weight excluding hydrogens is 114 g/mol. The Morgan fingerprint density at radius 1 is 1.22 bits per heavy atom. The fraction of sp³-hybridized carbons (Fsp3) is 0.714. The third-order valence-electron chi connectivity index (χ3n) is 0.204. The van der Waals surface area contributed by atoms with Crippen molar-refractivity contribution in [2.75, 3.05) is 21.1 Å². The number of hydrogen-bond acceptors (Lipinski definition) is 2. The number of carbonyl (C=O) groups excluding carboxylic acids is 1. The van der Waals surface area contributed by atoms with E-state index >= 15 is 0 Å². The Bertz CT molecular complexity index is 94.7. The van der Waals surface area contributed by atoms with Gasteiger partial charge in [-0.25, -0.2) is 4.79 Å². The van der Waals surface area contributed by atoms with Crippen molar-refractivity contribution in [3.8, 4) is 0 Å². The first-order chi connectivity index (χ1) is 4.00. The van der Waals surface area contributed by atoms with Gasteiger partial charge in [-0.1, -0.05) is 0 Å². The van der Waals surface area contributed by atoms with Gasteiger partial charge in [-0.15, -0.1) is 0 Å². The van der Waals surface area contributed by atoms with Gasteiger partial charge in [-0.3, -0.25) is 0 Å². The van der Waals surface area contributed by atoms with Gasteiger partial charge in [-0.05, 0) is 35.0 Å². The Morgan fingerprint density at radius 3 is 1.33 bits per heavy atom. The van der Waals surface area contributed by atoms with Crippen LogP contribution in [0, 0.1) is 0 Å². The van der Waals surface area contributed by atoms with E-state index in [4.69, 9.17) is 0 Å². The summed E-state index contributed by atoms with van der Waals surface area (Å²) in [4.78, 5) is 11.3. The highest BCUT2D eigenvalue weighted by atomic mass is 16.1. The maximum atomic E-state index is 9.34. The van der Waals surface area contributed by atoms with E-state index in [9.17, 15) is 4.79 Å². The molecule has 0 saturated heterocycles. The van der Waals surface area contributed by atoms with E-state index in [1.165, 1.54) is 0 Å². The molecule has 0 rings (SSSR count). The molecule has 0 aromatic carbocycles. The van der Waals surface area contributed by atoms with Crippen molar-refractivity contribution < 1.29 is 4.79 Å². The predicted octanol–water partition coefficient (Wildman–Crippen LogP) is 0.962. The molecule has 54 valence electrons. The molecule has 0 aliphatic rings. The first-order valence-electron chi connectivity index (χ1n) is 2.80. The van der Waals surface area contributed by atoms with E-state index in [1.807, 2.05) is 26.0 Å². The van der Waals surface area contributed by atoms with E-state index < -0.39 is 0 Å². The summed E-state index contributed by atoms with van der Waals surface area (Å²) in [5.74, 6) is 1.69. The maximum Gasteiger partial charge on any atom is 0.122 e. The Morgan fingerprint density at radius 2 is 1.33 bits per heavy atom. The summed E-state index contributed by atoms with van der Waals surface area (Å²) in [6, 6.07) is 0.